The van der Waals surface area contributed by atoms with Crippen LogP contribution in [0.4, 0.5) is 0 Å². The smallest absolute Gasteiger partial charge is 0.253 e. The second kappa shape index (κ2) is 11.5. The molecule has 0 aliphatic heterocycles. The van der Waals surface area contributed by atoms with Crippen LogP contribution in [0.3, 0.4) is 0 Å². The van der Waals surface area contributed by atoms with Gasteiger partial charge < -0.3 is 10.6 Å². The van der Waals surface area contributed by atoms with Gasteiger partial charge in [-0.3, -0.25) is 9.59 Å². The first-order chi connectivity index (χ1) is 12.6. The van der Waals surface area contributed by atoms with E-state index in [1.165, 1.54) is 19.3 Å². The normalized spacial score (nSPS) is 17.0. The van der Waals surface area contributed by atoms with Crippen molar-refractivity contribution in [1.29, 1.82) is 0 Å². The van der Waals surface area contributed by atoms with Crippen LogP contribution in [0.25, 0.3) is 0 Å². The Bertz CT molecular complexity index is 589. The Hall–Kier alpha value is -1.20. The summed E-state index contributed by atoms with van der Waals surface area (Å²) in [6, 6.07) is 6.60. The Balaban J connectivity index is 1.99. The maximum absolute atomic E-state index is 12.8. The largest absolute Gasteiger partial charge is 0.352 e. The van der Waals surface area contributed by atoms with E-state index in [4.69, 9.17) is 11.6 Å². The van der Waals surface area contributed by atoms with E-state index in [9.17, 15) is 9.59 Å². The molecule has 144 valence electrons. The monoisotopic (exact) mass is 396 g/mol. The fourth-order valence-electron chi connectivity index (χ4n) is 3.29. The van der Waals surface area contributed by atoms with Gasteiger partial charge in [-0.25, -0.2) is 0 Å². The highest BCUT2D eigenvalue weighted by atomic mass is 35.5. The van der Waals surface area contributed by atoms with Gasteiger partial charge in [0.25, 0.3) is 5.91 Å². The average Bonchev–Trinajstić information content (AvgIpc) is 2.60. The SMILES string of the molecule is CSCC[C@H](NC(=O)c1ccccc1Cl)C(=O)NC1CCCCCCC1. The molecule has 0 saturated heterocycles. The minimum absolute atomic E-state index is 0.0787. The number of hydrogen-bond donors (Lipinski definition) is 2. The Morgan fingerprint density at radius 2 is 1.81 bits per heavy atom. The maximum Gasteiger partial charge on any atom is 0.253 e. The summed E-state index contributed by atoms with van der Waals surface area (Å²) in [5.41, 5.74) is 0.405. The molecule has 0 radical (unpaired) electrons. The van der Waals surface area contributed by atoms with Crippen molar-refractivity contribution in [1.82, 2.24) is 10.6 Å². The molecule has 0 heterocycles. The molecule has 1 atom stereocenters. The summed E-state index contributed by atoms with van der Waals surface area (Å²) in [7, 11) is 0. The molecule has 0 unspecified atom stereocenters. The lowest BCUT2D eigenvalue weighted by molar-refractivity contribution is -0.123. The third-order valence-corrected chi connectivity index (χ3v) is 5.78. The van der Waals surface area contributed by atoms with Gasteiger partial charge >= 0.3 is 0 Å². The second-order valence-electron chi connectivity index (χ2n) is 6.84. The summed E-state index contributed by atoms with van der Waals surface area (Å²) in [5, 5.41) is 6.45. The van der Waals surface area contributed by atoms with Crippen molar-refractivity contribution < 1.29 is 9.59 Å². The van der Waals surface area contributed by atoms with E-state index >= 15 is 0 Å². The molecule has 2 N–H and O–H groups in total. The van der Waals surface area contributed by atoms with Crippen molar-refractivity contribution in [2.24, 2.45) is 0 Å². The Kier molecular flexibility index (Phi) is 9.33. The molecule has 1 aliphatic carbocycles. The van der Waals surface area contributed by atoms with E-state index in [1.807, 2.05) is 6.26 Å². The van der Waals surface area contributed by atoms with Crippen LogP contribution in [-0.4, -0.2) is 35.9 Å². The Labute approximate surface area is 165 Å². The van der Waals surface area contributed by atoms with Crippen molar-refractivity contribution >= 4 is 35.2 Å². The van der Waals surface area contributed by atoms with E-state index in [2.05, 4.69) is 10.6 Å². The highest BCUT2D eigenvalue weighted by Crippen LogP contribution is 2.18. The minimum Gasteiger partial charge on any atom is -0.352 e. The number of thioether (sulfide) groups is 1. The number of benzene rings is 1. The molecule has 1 aromatic carbocycles. The van der Waals surface area contributed by atoms with Crippen LogP contribution in [0.2, 0.25) is 5.02 Å². The second-order valence-corrected chi connectivity index (χ2v) is 8.23. The standard InChI is InChI=1S/C20H29ClN2O2S/c1-26-14-13-18(23-19(24)16-11-7-8-12-17(16)21)20(25)22-15-9-5-3-2-4-6-10-15/h7-8,11-12,15,18H,2-6,9-10,13-14H2,1H3,(H,22,25)(H,23,24)/t18-/m0/s1. The van der Waals surface area contributed by atoms with Gasteiger partial charge in [0.15, 0.2) is 0 Å². The maximum atomic E-state index is 12.8. The quantitative estimate of drug-likeness (QED) is 0.717. The molecule has 0 aromatic heterocycles. The molecule has 2 rings (SSSR count). The van der Waals surface area contributed by atoms with E-state index in [-0.39, 0.29) is 17.9 Å². The van der Waals surface area contributed by atoms with Crippen molar-refractivity contribution in [3.05, 3.63) is 34.9 Å². The van der Waals surface area contributed by atoms with Gasteiger partial charge in [0.2, 0.25) is 5.91 Å². The van der Waals surface area contributed by atoms with Crippen molar-refractivity contribution in [3.8, 4) is 0 Å². The summed E-state index contributed by atoms with van der Waals surface area (Å²) < 4.78 is 0. The molecule has 4 nitrogen and oxygen atoms in total. The summed E-state index contributed by atoms with van der Waals surface area (Å²) >= 11 is 7.78. The molecule has 0 bridgehead atoms. The number of carbonyl (C=O) groups is 2. The van der Waals surface area contributed by atoms with Gasteiger partial charge in [-0.15, -0.1) is 0 Å². The first-order valence-corrected chi connectivity index (χ1v) is 11.2. The van der Waals surface area contributed by atoms with Crippen LogP contribution < -0.4 is 10.6 Å². The predicted molar refractivity (Wildman–Crippen MR) is 110 cm³/mol. The lowest BCUT2D eigenvalue weighted by Crippen LogP contribution is -2.50. The van der Waals surface area contributed by atoms with Crippen LogP contribution in [0.1, 0.15) is 61.7 Å². The molecular formula is C20H29ClN2O2S. The van der Waals surface area contributed by atoms with Crippen molar-refractivity contribution in [2.75, 3.05) is 12.0 Å². The Morgan fingerprint density at radius 3 is 2.46 bits per heavy atom. The first kappa shape index (κ1) is 21.1. The van der Waals surface area contributed by atoms with E-state index in [0.29, 0.717) is 17.0 Å². The number of rotatable bonds is 7. The van der Waals surface area contributed by atoms with E-state index < -0.39 is 6.04 Å². The number of amides is 2. The fourth-order valence-corrected chi connectivity index (χ4v) is 3.98. The summed E-state index contributed by atoms with van der Waals surface area (Å²) in [5.74, 6) is 0.436. The number of halogens is 1. The van der Waals surface area contributed by atoms with Gasteiger partial charge in [0.1, 0.15) is 6.04 Å². The number of carbonyl (C=O) groups excluding carboxylic acids is 2. The van der Waals surface area contributed by atoms with Crippen molar-refractivity contribution in [2.45, 2.75) is 63.5 Å². The topological polar surface area (TPSA) is 58.2 Å². The first-order valence-electron chi connectivity index (χ1n) is 9.46. The third kappa shape index (κ3) is 6.84. The molecule has 1 saturated carbocycles. The van der Waals surface area contributed by atoms with Crippen LogP contribution in [0.15, 0.2) is 24.3 Å². The van der Waals surface area contributed by atoms with Crippen molar-refractivity contribution in [3.63, 3.8) is 0 Å². The van der Waals surface area contributed by atoms with Gasteiger partial charge in [-0.2, -0.15) is 11.8 Å². The molecule has 1 aromatic rings. The summed E-state index contributed by atoms with van der Waals surface area (Å²) in [4.78, 5) is 25.4. The number of nitrogens with one attached hydrogen (secondary N) is 2. The summed E-state index contributed by atoms with van der Waals surface area (Å²) in [6.45, 7) is 0. The highest BCUT2D eigenvalue weighted by molar-refractivity contribution is 7.98. The lowest BCUT2D eigenvalue weighted by Gasteiger charge is -2.25. The highest BCUT2D eigenvalue weighted by Gasteiger charge is 2.24. The fraction of sp³-hybridized carbons (Fsp3) is 0.600. The molecule has 0 spiro atoms. The average molecular weight is 397 g/mol. The summed E-state index contributed by atoms with van der Waals surface area (Å²) in [6.07, 6.45) is 10.8. The zero-order valence-electron chi connectivity index (χ0n) is 15.4. The molecule has 26 heavy (non-hydrogen) atoms. The molecular weight excluding hydrogens is 368 g/mol. The molecule has 1 fully saturated rings. The third-order valence-electron chi connectivity index (χ3n) is 4.80. The predicted octanol–water partition coefficient (Wildman–Crippen LogP) is 4.42. The molecule has 6 heteroatoms. The van der Waals surface area contributed by atoms with Crippen LogP contribution in [0, 0.1) is 0 Å². The van der Waals surface area contributed by atoms with Gasteiger partial charge in [-0.1, -0.05) is 55.8 Å². The van der Waals surface area contributed by atoms with E-state index in [0.717, 1.165) is 31.4 Å². The minimum atomic E-state index is -0.531. The zero-order valence-corrected chi connectivity index (χ0v) is 17.0. The number of hydrogen-bond acceptors (Lipinski definition) is 3. The van der Waals surface area contributed by atoms with Crippen LogP contribution in [0.5, 0.6) is 0 Å². The Morgan fingerprint density at radius 1 is 1.15 bits per heavy atom. The molecule has 2 amide bonds. The van der Waals surface area contributed by atoms with Crippen LogP contribution >= 0.6 is 23.4 Å². The van der Waals surface area contributed by atoms with Crippen LogP contribution in [-0.2, 0) is 4.79 Å². The van der Waals surface area contributed by atoms with Gasteiger partial charge in [0, 0.05) is 6.04 Å². The van der Waals surface area contributed by atoms with Gasteiger partial charge in [0.05, 0.1) is 10.6 Å². The van der Waals surface area contributed by atoms with Gasteiger partial charge in [-0.05, 0) is 43.4 Å². The molecule has 1 aliphatic rings. The zero-order chi connectivity index (χ0) is 18.8. The van der Waals surface area contributed by atoms with E-state index in [1.54, 1.807) is 36.0 Å². The lowest BCUT2D eigenvalue weighted by atomic mass is 9.96.